The second-order valence-corrected chi connectivity index (χ2v) is 12.4. The van der Waals surface area contributed by atoms with Crippen molar-refractivity contribution in [3.63, 3.8) is 0 Å². The molecule has 3 saturated carbocycles. The predicted octanol–water partition coefficient (Wildman–Crippen LogP) is 3.59. The maximum Gasteiger partial charge on any atom is 0.308 e. The number of hydrogen-bond acceptors (Lipinski definition) is 5. The van der Waals surface area contributed by atoms with Crippen molar-refractivity contribution in [2.45, 2.75) is 44.6 Å². The molecule has 5 aromatic rings. The largest absolute Gasteiger partial charge is 0.383 e. The summed E-state index contributed by atoms with van der Waals surface area (Å²) in [5.41, 5.74) is 5.15. The van der Waals surface area contributed by atoms with Gasteiger partial charge in [-0.05, 0) is 71.6 Å². The van der Waals surface area contributed by atoms with Crippen LogP contribution in [0.5, 0.6) is 0 Å². The molecule has 3 aromatic heterocycles. The Morgan fingerprint density at radius 1 is 1.17 bits per heavy atom. The molecule has 0 saturated heterocycles. The molecule has 2 bridgehead atoms. The van der Waals surface area contributed by atoms with Gasteiger partial charge in [0.1, 0.15) is 11.4 Å². The molecule has 36 heavy (non-hydrogen) atoms. The van der Waals surface area contributed by atoms with Gasteiger partial charge in [0.05, 0.1) is 24.5 Å². The summed E-state index contributed by atoms with van der Waals surface area (Å²) in [4.78, 5) is 3.51. The van der Waals surface area contributed by atoms with Crippen molar-refractivity contribution in [3.05, 3.63) is 60.0 Å². The van der Waals surface area contributed by atoms with Crippen LogP contribution >= 0.6 is 0 Å². The Labute approximate surface area is 208 Å². The van der Waals surface area contributed by atoms with Crippen LogP contribution in [-0.4, -0.2) is 51.1 Å². The summed E-state index contributed by atoms with van der Waals surface area (Å²) in [7, 11) is -1.86. The van der Waals surface area contributed by atoms with Gasteiger partial charge in [-0.1, -0.05) is 17.3 Å². The van der Waals surface area contributed by atoms with E-state index in [1.807, 2.05) is 23.0 Å². The first-order valence-corrected chi connectivity index (χ1v) is 14.2. The lowest BCUT2D eigenvalue weighted by Gasteiger charge is -2.66. The molecule has 182 valence electrons. The van der Waals surface area contributed by atoms with Gasteiger partial charge in [0, 0.05) is 35.2 Å². The molecule has 0 atom stereocenters. The van der Waals surface area contributed by atoms with Crippen LogP contribution in [0, 0.1) is 5.41 Å². The molecule has 0 unspecified atom stereocenters. The average molecular weight is 500 g/mol. The van der Waals surface area contributed by atoms with Crippen molar-refractivity contribution in [1.29, 1.82) is 0 Å². The summed E-state index contributed by atoms with van der Waals surface area (Å²) in [6.45, 7) is 3.96. The number of aromatic amines is 2. The summed E-state index contributed by atoms with van der Waals surface area (Å²) in [5.74, 6) is 0. The highest BCUT2D eigenvalue weighted by atomic mass is 28.3. The third-order valence-electron chi connectivity index (χ3n) is 7.76. The second kappa shape index (κ2) is 7.75. The van der Waals surface area contributed by atoms with Crippen LogP contribution in [0.25, 0.3) is 33.1 Å². The average Bonchev–Trinajstić information content (AvgIpc) is 3.55. The first kappa shape index (κ1) is 21.8. The van der Waals surface area contributed by atoms with E-state index in [9.17, 15) is 8.85 Å². The lowest BCUT2D eigenvalue weighted by atomic mass is 9.42. The number of rotatable bonds is 8. The fraction of sp³-hybridized carbons (Fsp3) is 0.346. The van der Waals surface area contributed by atoms with E-state index in [2.05, 4.69) is 55.1 Å². The van der Waals surface area contributed by atoms with E-state index >= 15 is 0 Å². The minimum atomic E-state index is -1.86. The normalized spacial score (nSPS) is 22.6. The SMILES string of the molecule is C[Si](=O)c1cc(-c2cn(Cc3ccc4cc(CNCC56CC(F)(C5)C6)[nH]c4c3)nn2)c2cn[nH]c2c1. The van der Waals surface area contributed by atoms with Gasteiger partial charge in [-0.3, -0.25) is 5.10 Å². The van der Waals surface area contributed by atoms with Crippen LogP contribution in [0.3, 0.4) is 0 Å². The smallest absolute Gasteiger partial charge is 0.308 e. The molecule has 0 aliphatic heterocycles. The van der Waals surface area contributed by atoms with E-state index in [1.165, 1.54) is 0 Å². The highest BCUT2D eigenvalue weighted by molar-refractivity contribution is 6.58. The predicted molar refractivity (Wildman–Crippen MR) is 136 cm³/mol. The Bertz CT molecular complexity index is 1630. The highest BCUT2D eigenvalue weighted by Crippen LogP contribution is 2.69. The Morgan fingerprint density at radius 2 is 2.03 bits per heavy atom. The molecule has 3 aliphatic carbocycles. The van der Waals surface area contributed by atoms with Crippen molar-refractivity contribution in [2.24, 2.45) is 5.41 Å². The van der Waals surface area contributed by atoms with Crippen molar-refractivity contribution in [3.8, 4) is 11.3 Å². The molecule has 8 nitrogen and oxygen atoms in total. The third kappa shape index (κ3) is 3.63. The zero-order valence-electron chi connectivity index (χ0n) is 19.9. The fourth-order valence-corrected chi connectivity index (χ4v) is 6.79. The molecule has 10 heteroatoms. The zero-order chi connectivity index (χ0) is 24.5. The molecule has 0 amide bonds. The van der Waals surface area contributed by atoms with Gasteiger partial charge in [-0.2, -0.15) is 5.10 Å². The lowest BCUT2D eigenvalue weighted by molar-refractivity contribution is -0.209. The van der Waals surface area contributed by atoms with E-state index in [0.29, 0.717) is 6.54 Å². The summed E-state index contributed by atoms with van der Waals surface area (Å²) in [5, 5.41) is 22.2. The molecular formula is C26H26FN7OSi. The maximum absolute atomic E-state index is 13.7. The van der Waals surface area contributed by atoms with Crippen molar-refractivity contribution >= 4 is 35.7 Å². The number of halogens is 1. The van der Waals surface area contributed by atoms with Crippen LogP contribution in [-0.2, 0) is 17.6 Å². The summed E-state index contributed by atoms with van der Waals surface area (Å²) < 4.78 is 27.7. The van der Waals surface area contributed by atoms with Gasteiger partial charge < -0.3 is 14.8 Å². The molecule has 3 N–H and O–H groups in total. The number of nitrogens with one attached hydrogen (secondary N) is 3. The van der Waals surface area contributed by atoms with Crippen LogP contribution in [0.2, 0.25) is 6.55 Å². The number of aromatic nitrogens is 6. The van der Waals surface area contributed by atoms with Gasteiger partial charge in [-0.25, -0.2) is 9.07 Å². The monoisotopic (exact) mass is 499 g/mol. The first-order chi connectivity index (χ1) is 17.4. The molecule has 3 aliphatic rings. The third-order valence-corrected chi connectivity index (χ3v) is 8.86. The lowest BCUT2D eigenvalue weighted by Crippen LogP contribution is -2.67. The summed E-state index contributed by atoms with van der Waals surface area (Å²) >= 11 is 0. The first-order valence-electron chi connectivity index (χ1n) is 12.3. The van der Waals surface area contributed by atoms with E-state index in [0.717, 1.165) is 81.9 Å². The highest BCUT2D eigenvalue weighted by Gasteiger charge is 2.68. The number of fused-ring (bicyclic) bond motifs is 2. The van der Waals surface area contributed by atoms with Gasteiger partial charge in [0.2, 0.25) is 0 Å². The molecular weight excluding hydrogens is 473 g/mol. The summed E-state index contributed by atoms with van der Waals surface area (Å²) in [6.07, 6.45) is 5.86. The Hall–Kier alpha value is -3.50. The second-order valence-electron chi connectivity index (χ2n) is 10.7. The van der Waals surface area contributed by atoms with Crippen molar-refractivity contribution in [2.75, 3.05) is 6.54 Å². The van der Waals surface area contributed by atoms with Crippen LogP contribution in [0.4, 0.5) is 4.39 Å². The Kier molecular flexibility index (Phi) is 4.68. The standard InChI is InChI=1S/C26H26FN7OSi/c1-36(35)19-6-20(21-9-29-31-23(21)7-19)24-11-34(33-32-24)10-16-2-3-17-5-18(30-22(17)4-16)8-28-15-25-12-26(27,13-25)14-25/h2-7,9,11,28,30H,8,10,12-15H2,1H3,(H,29,31). The molecule has 3 heterocycles. The van der Waals surface area contributed by atoms with Crippen LogP contribution in [0.1, 0.15) is 30.5 Å². The van der Waals surface area contributed by atoms with Crippen LogP contribution < -0.4 is 10.5 Å². The molecule has 8 rings (SSSR count). The molecule has 2 aromatic carbocycles. The van der Waals surface area contributed by atoms with E-state index in [-0.39, 0.29) is 5.41 Å². The topological polar surface area (TPSA) is 104 Å². The van der Waals surface area contributed by atoms with Crippen molar-refractivity contribution < 1.29 is 8.85 Å². The number of hydrogen-bond donors (Lipinski definition) is 3. The summed E-state index contributed by atoms with van der Waals surface area (Å²) in [6, 6.07) is 12.4. The molecule has 3 fully saturated rings. The number of H-pyrrole nitrogens is 2. The maximum atomic E-state index is 13.7. The Morgan fingerprint density at radius 3 is 2.83 bits per heavy atom. The quantitative estimate of drug-likeness (QED) is 0.283. The fourth-order valence-electron chi connectivity index (χ4n) is 6.09. The Balaban J connectivity index is 1.07. The molecule has 0 radical (unpaired) electrons. The number of alkyl halides is 1. The van der Waals surface area contributed by atoms with Crippen molar-refractivity contribution in [1.82, 2.24) is 35.5 Å². The van der Waals surface area contributed by atoms with Gasteiger partial charge in [0.15, 0.2) is 0 Å². The van der Waals surface area contributed by atoms with Gasteiger partial charge >= 0.3 is 8.68 Å². The van der Waals surface area contributed by atoms with Gasteiger partial charge in [0.25, 0.3) is 0 Å². The zero-order valence-corrected chi connectivity index (χ0v) is 20.9. The molecule has 0 spiro atoms. The number of nitrogens with zero attached hydrogens (tertiary/aromatic N) is 4. The van der Waals surface area contributed by atoms with E-state index < -0.39 is 14.4 Å². The minimum Gasteiger partial charge on any atom is -0.383 e. The van der Waals surface area contributed by atoms with Crippen LogP contribution in [0.15, 0.2) is 48.8 Å². The van der Waals surface area contributed by atoms with Gasteiger partial charge in [-0.15, -0.1) is 5.10 Å². The van der Waals surface area contributed by atoms with E-state index in [4.69, 9.17) is 0 Å². The van der Waals surface area contributed by atoms with E-state index in [1.54, 1.807) is 12.7 Å². The number of benzene rings is 2. The minimum absolute atomic E-state index is 0.212.